The monoisotopic (exact) mass is 288 g/mol. The van der Waals surface area contributed by atoms with Crippen molar-refractivity contribution in [3.63, 3.8) is 0 Å². The number of benzene rings is 1. The summed E-state index contributed by atoms with van der Waals surface area (Å²) in [6.07, 6.45) is 1.85. The van der Waals surface area contributed by atoms with Crippen LogP contribution in [0, 0.1) is 6.92 Å². The van der Waals surface area contributed by atoms with Gasteiger partial charge in [0.2, 0.25) is 5.91 Å². The van der Waals surface area contributed by atoms with Gasteiger partial charge in [0.1, 0.15) is 5.75 Å². The first-order chi connectivity index (χ1) is 10.0. The summed E-state index contributed by atoms with van der Waals surface area (Å²) in [7, 11) is 3.50. The molecule has 1 aromatic carbocycles. The highest BCUT2D eigenvalue weighted by molar-refractivity contribution is 5.90. The van der Waals surface area contributed by atoms with Gasteiger partial charge in [-0.05, 0) is 19.1 Å². The lowest BCUT2D eigenvalue weighted by atomic mass is 10.2. The molecule has 2 aromatic rings. The molecule has 0 aliphatic carbocycles. The average molecular weight is 288 g/mol. The largest absolute Gasteiger partial charge is 0.494 e. The van der Waals surface area contributed by atoms with Gasteiger partial charge in [-0.3, -0.25) is 9.48 Å². The number of hydrogen-bond donors (Lipinski definition) is 2. The number of rotatable bonds is 5. The molecule has 2 rings (SSSR count). The van der Waals surface area contributed by atoms with Gasteiger partial charge in [0.15, 0.2) is 0 Å². The molecule has 0 aliphatic rings. The summed E-state index contributed by atoms with van der Waals surface area (Å²) in [4.78, 5) is 11.1. The zero-order valence-electron chi connectivity index (χ0n) is 12.7. The molecule has 0 unspecified atom stereocenters. The van der Waals surface area contributed by atoms with E-state index < -0.39 is 0 Å². The normalized spacial score (nSPS) is 10.3. The summed E-state index contributed by atoms with van der Waals surface area (Å²) in [6, 6.07) is 5.58. The Hall–Kier alpha value is -2.50. The van der Waals surface area contributed by atoms with Gasteiger partial charge in [0, 0.05) is 43.5 Å². The minimum atomic E-state index is -0.125. The molecule has 1 heterocycles. The number of carbonyl (C=O) groups is 1. The van der Waals surface area contributed by atoms with Crippen LogP contribution in [0.15, 0.2) is 24.4 Å². The number of ether oxygens (including phenoxy) is 1. The molecule has 0 bridgehead atoms. The number of methoxy groups -OCH3 is 1. The molecular formula is C15H20N4O2. The number of carbonyl (C=O) groups excluding carboxylic acids is 1. The summed E-state index contributed by atoms with van der Waals surface area (Å²) in [5.74, 6) is 0.498. The Bertz CT molecular complexity index is 649. The van der Waals surface area contributed by atoms with Crippen molar-refractivity contribution in [2.45, 2.75) is 20.4 Å². The molecule has 2 N–H and O–H groups in total. The van der Waals surface area contributed by atoms with E-state index in [9.17, 15) is 4.79 Å². The van der Waals surface area contributed by atoms with Crippen molar-refractivity contribution >= 4 is 17.3 Å². The van der Waals surface area contributed by atoms with E-state index >= 15 is 0 Å². The van der Waals surface area contributed by atoms with Crippen LogP contribution in [-0.2, 0) is 18.4 Å². The number of aryl methyl sites for hydroxylation is 1. The van der Waals surface area contributed by atoms with Crippen LogP contribution in [0.4, 0.5) is 11.4 Å². The van der Waals surface area contributed by atoms with Gasteiger partial charge in [0.25, 0.3) is 0 Å². The Balaban J connectivity index is 2.10. The molecule has 112 valence electrons. The molecule has 1 aromatic heterocycles. The summed E-state index contributed by atoms with van der Waals surface area (Å²) < 4.78 is 7.14. The number of anilines is 2. The molecule has 0 spiro atoms. The molecule has 0 saturated carbocycles. The Morgan fingerprint density at radius 2 is 2.19 bits per heavy atom. The maximum absolute atomic E-state index is 11.1. The van der Waals surface area contributed by atoms with E-state index in [0.717, 1.165) is 16.9 Å². The van der Waals surface area contributed by atoms with Crippen LogP contribution in [0.5, 0.6) is 5.75 Å². The number of aromatic nitrogens is 2. The van der Waals surface area contributed by atoms with Crippen molar-refractivity contribution in [2.75, 3.05) is 17.7 Å². The zero-order chi connectivity index (χ0) is 15.4. The van der Waals surface area contributed by atoms with E-state index in [2.05, 4.69) is 15.7 Å². The lowest BCUT2D eigenvalue weighted by Gasteiger charge is -2.12. The molecule has 21 heavy (non-hydrogen) atoms. The molecule has 0 saturated heterocycles. The SMILES string of the molecule is COc1cc(NCc2cnn(C)c2C)ccc1NC(C)=O. The number of hydrogen-bond acceptors (Lipinski definition) is 4. The van der Waals surface area contributed by atoms with Gasteiger partial charge >= 0.3 is 0 Å². The van der Waals surface area contributed by atoms with Crippen molar-refractivity contribution in [3.8, 4) is 5.75 Å². The summed E-state index contributed by atoms with van der Waals surface area (Å²) in [6.45, 7) is 4.18. The fraction of sp³-hybridized carbons (Fsp3) is 0.333. The lowest BCUT2D eigenvalue weighted by molar-refractivity contribution is -0.114. The fourth-order valence-electron chi connectivity index (χ4n) is 2.01. The van der Waals surface area contributed by atoms with Crippen LogP contribution in [0.2, 0.25) is 0 Å². The summed E-state index contributed by atoms with van der Waals surface area (Å²) >= 11 is 0. The maximum atomic E-state index is 11.1. The fourth-order valence-corrected chi connectivity index (χ4v) is 2.01. The highest BCUT2D eigenvalue weighted by Gasteiger charge is 2.07. The van der Waals surface area contributed by atoms with E-state index in [1.54, 1.807) is 7.11 Å². The molecule has 6 heteroatoms. The first kappa shape index (κ1) is 14.9. The van der Waals surface area contributed by atoms with Crippen LogP contribution in [0.3, 0.4) is 0 Å². The van der Waals surface area contributed by atoms with Crippen molar-refractivity contribution < 1.29 is 9.53 Å². The van der Waals surface area contributed by atoms with Crippen LogP contribution < -0.4 is 15.4 Å². The van der Waals surface area contributed by atoms with Gasteiger partial charge in [-0.25, -0.2) is 0 Å². The standard InChI is InChI=1S/C15H20N4O2/c1-10-12(9-17-19(10)3)8-16-13-5-6-14(18-11(2)20)15(7-13)21-4/h5-7,9,16H,8H2,1-4H3,(H,18,20). The lowest BCUT2D eigenvalue weighted by Crippen LogP contribution is -2.07. The van der Waals surface area contributed by atoms with Crippen molar-refractivity contribution in [1.82, 2.24) is 9.78 Å². The van der Waals surface area contributed by atoms with E-state index in [0.29, 0.717) is 18.0 Å². The minimum absolute atomic E-state index is 0.125. The summed E-state index contributed by atoms with van der Waals surface area (Å²) in [5.41, 5.74) is 3.85. The maximum Gasteiger partial charge on any atom is 0.221 e. The van der Waals surface area contributed by atoms with Crippen LogP contribution in [0.1, 0.15) is 18.2 Å². The summed E-state index contributed by atoms with van der Waals surface area (Å²) in [5, 5.41) is 10.3. The Morgan fingerprint density at radius 3 is 2.76 bits per heavy atom. The predicted octanol–water partition coefficient (Wildman–Crippen LogP) is 2.31. The molecule has 1 amide bonds. The van der Waals surface area contributed by atoms with Gasteiger partial charge in [-0.2, -0.15) is 5.10 Å². The number of amides is 1. The number of nitrogens with one attached hydrogen (secondary N) is 2. The molecule has 0 radical (unpaired) electrons. The third-order valence-electron chi connectivity index (χ3n) is 3.33. The third-order valence-corrected chi connectivity index (χ3v) is 3.33. The Kier molecular flexibility index (Phi) is 4.47. The second-order valence-electron chi connectivity index (χ2n) is 4.83. The predicted molar refractivity (Wildman–Crippen MR) is 82.6 cm³/mol. The number of nitrogens with zero attached hydrogens (tertiary/aromatic N) is 2. The van der Waals surface area contributed by atoms with Crippen molar-refractivity contribution in [1.29, 1.82) is 0 Å². The van der Waals surface area contributed by atoms with Crippen LogP contribution in [0.25, 0.3) is 0 Å². The van der Waals surface area contributed by atoms with E-state index in [-0.39, 0.29) is 5.91 Å². The zero-order valence-corrected chi connectivity index (χ0v) is 12.7. The Morgan fingerprint density at radius 1 is 1.43 bits per heavy atom. The highest BCUT2D eigenvalue weighted by Crippen LogP contribution is 2.28. The van der Waals surface area contributed by atoms with E-state index in [4.69, 9.17) is 4.74 Å². The molecule has 0 fully saturated rings. The van der Waals surface area contributed by atoms with Gasteiger partial charge in [-0.1, -0.05) is 0 Å². The second kappa shape index (κ2) is 6.30. The van der Waals surface area contributed by atoms with Crippen LogP contribution >= 0.6 is 0 Å². The van der Waals surface area contributed by atoms with Crippen LogP contribution in [-0.4, -0.2) is 22.8 Å². The quantitative estimate of drug-likeness (QED) is 0.886. The Labute approximate surface area is 124 Å². The van der Waals surface area contributed by atoms with Gasteiger partial charge in [-0.15, -0.1) is 0 Å². The smallest absolute Gasteiger partial charge is 0.221 e. The third kappa shape index (κ3) is 3.53. The highest BCUT2D eigenvalue weighted by atomic mass is 16.5. The van der Waals surface area contributed by atoms with E-state index in [1.165, 1.54) is 6.92 Å². The molecular weight excluding hydrogens is 268 g/mol. The molecule has 6 nitrogen and oxygen atoms in total. The van der Waals surface area contributed by atoms with E-state index in [1.807, 2.05) is 43.0 Å². The second-order valence-corrected chi connectivity index (χ2v) is 4.83. The average Bonchev–Trinajstić information content (AvgIpc) is 2.77. The van der Waals surface area contributed by atoms with Crippen molar-refractivity contribution in [2.24, 2.45) is 7.05 Å². The first-order valence-corrected chi connectivity index (χ1v) is 6.68. The first-order valence-electron chi connectivity index (χ1n) is 6.68. The molecule has 0 atom stereocenters. The van der Waals surface area contributed by atoms with Crippen molar-refractivity contribution in [3.05, 3.63) is 35.7 Å². The van der Waals surface area contributed by atoms with Gasteiger partial charge < -0.3 is 15.4 Å². The minimum Gasteiger partial charge on any atom is -0.494 e. The molecule has 0 aliphatic heterocycles. The van der Waals surface area contributed by atoms with Gasteiger partial charge in [0.05, 0.1) is 19.0 Å². The topological polar surface area (TPSA) is 68.2 Å².